The smallest absolute Gasteiger partial charge is 0.135 e. The summed E-state index contributed by atoms with van der Waals surface area (Å²) >= 11 is 1.87. The van der Waals surface area contributed by atoms with E-state index in [2.05, 4.69) is 149 Å². The molecule has 0 fully saturated rings. The second-order valence-corrected chi connectivity index (χ2v) is 15.8. The zero-order valence-electron chi connectivity index (χ0n) is 29.8. The summed E-state index contributed by atoms with van der Waals surface area (Å²) in [6.07, 6.45) is 5.49. The number of rotatable bonds is 3. The minimum absolute atomic E-state index is 0.249. The van der Waals surface area contributed by atoms with E-state index < -0.39 is 0 Å². The van der Waals surface area contributed by atoms with Crippen LogP contribution in [-0.2, 0) is 0 Å². The predicted octanol–water partition coefficient (Wildman–Crippen LogP) is 13.1. The van der Waals surface area contributed by atoms with Crippen molar-refractivity contribution in [3.8, 4) is 23.5 Å². The molecule has 1 unspecified atom stereocenters. The number of nitriles is 2. The lowest BCUT2D eigenvalue weighted by molar-refractivity contribution is 0.669. The van der Waals surface area contributed by atoms with E-state index >= 15 is 0 Å². The highest BCUT2D eigenvalue weighted by atomic mass is 32.2. The number of hydrogen-bond donors (Lipinski definition) is 0. The molecule has 0 spiro atoms. The van der Waals surface area contributed by atoms with Gasteiger partial charge < -0.3 is 13.6 Å². The van der Waals surface area contributed by atoms with Crippen molar-refractivity contribution in [1.29, 1.82) is 10.5 Å². The number of fused-ring (bicyclic) bond motifs is 12. The van der Waals surface area contributed by atoms with Gasteiger partial charge in [-0.1, -0.05) is 78.5 Å². The SMILES string of the molecule is N#Cc1ccc2c(c1)c1ccccc1n2-c1ccc2oc3ccc(C4=CC=C5Sc6ccc(-n7c8ccccc8c8cccc(C#N)c87)cc6C5C4)cc3c2c1. The number of allylic oxidation sites excluding steroid dienone is 4. The molecular formula is C50H28N4OS. The quantitative estimate of drug-likeness (QED) is 0.181. The first kappa shape index (κ1) is 31.1. The fourth-order valence-corrected chi connectivity index (χ4v) is 10.4. The summed E-state index contributed by atoms with van der Waals surface area (Å²) in [5, 5.41) is 26.4. The van der Waals surface area contributed by atoms with Crippen molar-refractivity contribution in [2.45, 2.75) is 17.2 Å². The molecule has 0 amide bonds. The minimum Gasteiger partial charge on any atom is -0.456 e. The van der Waals surface area contributed by atoms with Gasteiger partial charge in [0.1, 0.15) is 17.2 Å². The molecule has 5 nitrogen and oxygen atoms in total. The number of aromatic nitrogens is 2. The van der Waals surface area contributed by atoms with Gasteiger partial charge in [-0.25, -0.2) is 0 Å². The molecule has 1 atom stereocenters. The Hall–Kier alpha value is -7.25. The van der Waals surface area contributed by atoms with Gasteiger partial charge in [0.2, 0.25) is 0 Å². The molecule has 10 aromatic rings. The Labute approximate surface area is 325 Å². The van der Waals surface area contributed by atoms with Crippen LogP contribution < -0.4 is 0 Å². The Bertz CT molecular complexity index is 3520. The number of thioether (sulfide) groups is 1. The molecule has 1 aliphatic carbocycles. The second-order valence-electron chi connectivity index (χ2n) is 14.7. The Balaban J connectivity index is 0.942. The molecule has 3 aromatic heterocycles. The van der Waals surface area contributed by atoms with Crippen molar-refractivity contribution in [1.82, 2.24) is 9.13 Å². The largest absolute Gasteiger partial charge is 0.456 e. The highest BCUT2D eigenvalue weighted by Crippen LogP contribution is 2.54. The number of para-hydroxylation sites is 3. The molecule has 0 saturated carbocycles. The predicted molar refractivity (Wildman–Crippen MR) is 228 cm³/mol. The van der Waals surface area contributed by atoms with Crippen LogP contribution in [0.2, 0.25) is 0 Å². The van der Waals surface area contributed by atoms with Gasteiger partial charge in [0.15, 0.2) is 0 Å². The molecular weight excluding hydrogens is 705 g/mol. The first-order chi connectivity index (χ1) is 27.6. The second kappa shape index (κ2) is 11.6. The molecule has 260 valence electrons. The van der Waals surface area contributed by atoms with Crippen LogP contribution in [0.5, 0.6) is 0 Å². The van der Waals surface area contributed by atoms with Crippen molar-refractivity contribution in [3.05, 3.63) is 179 Å². The number of benzene rings is 7. The van der Waals surface area contributed by atoms with Gasteiger partial charge >= 0.3 is 0 Å². The van der Waals surface area contributed by atoms with E-state index in [1.54, 1.807) is 0 Å². The molecule has 1 aliphatic heterocycles. The molecule has 0 bridgehead atoms. The van der Waals surface area contributed by atoms with Crippen LogP contribution in [0, 0.1) is 22.7 Å². The Morgan fingerprint density at radius 1 is 0.571 bits per heavy atom. The molecule has 7 aromatic carbocycles. The van der Waals surface area contributed by atoms with Crippen LogP contribution in [0.15, 0.2) is 166 Å². The lowest BCUT2D eigenvalue weighted by atomic mass is 9.85. The molecule has 0 N–H and O–H groups in total. The topological polar surface area (TPSA) is 70.6 Å². The van der Waals surface area contributed by atoms with Crippen LogP contribution >= 0.6 is 11.8 Å². The maximum Gasteiger partial charge on any atom is 0.135 e. The third kappa shape index (κ3) is 4.36. The summed E-state index contributed by atoms with van der Waals surface area (Å²) in [5.74, 6) is 0.249. The maximum atomic E-state index is 10.1. The first-order valence-corrected chi connectivity index (χ1v) is 19.5. The van der Waals surface area contributed by atoms with Gasteiger partial charge in [-0.05, 0) is 113 Å². The van der Waals surface area contributed by atoms with Crippen LogP contribution in [0.4, 0.5) is 0 Å². The van der Waals surface area contributed by atoms with Crippen LogP contribution in [0.1, 0.15) is 34.6 Å². The Morgan fingerprint density at radius 3 is 2.12 bits per heavy atom. The molecule has 12 rings (SSSR count). The molecule has 0 saturated heterocycles. The van der Waals surface area contributed by atoms with Crippen LogP contribution in [-0.4, -0.2) is 9.13 Å². The van der Waals surface area contributed by atoms with Crippen molar-refractivity contribution in [2.24, 2.45) is 0 Å². The summed E-state index contributed by atoms with van der Waals surface area (Å²) in [5.41, 5.74) is 13.2. The van der Waals surface area contributed by atoms with Crippen molar-refractivity contribution in [3.63, 3.8) is 0 Å². The zero-order chi connectivity index (χ0) is 37.1. The molecule has 6 heteroatoms. The van der Waals surface area contributed by atoms with E-state index in [4.69, 9.17) is 4.42 Å². The molecule has 2 aliphatic rings. The van der Waals surface area contributed by atoms with E-state index in [-0.39, 0.29) is 5.92 Å². The third-order valence-electron chi connectivity index (χ3n) is 11.8. The fourth-order valence-electron chi connectivity index (χ4n) is 9.24. The van der Waals surface area contributed by atoms with Gasteiger partial charge in [-0.15, -0.1) is 0 Å². The van der Waals surface area contributed by atoms with Crippen molar-refractivity contribution in [2.75, 3.05) is 0 Å². The van der Waals surface area contributed by atoms with Gasteiger partial charge in [0, 0.05) is 54.5 Å². The number of hydrogen-bond acceptors (Lipinski definition) is 4. The summed E-state index contributed by atoms with van der Waals surface area (Å²) in [6, 6.07) is 53.4. The number of furan rings is 1. The fraction of sp³-hybridized carbons (Fsp3) is 0.0400. The molecule has 4 heterocycles. The standard InChI is InChI=1S/C50H28N4OS/c51-27-29-12-17-45-38(22-29)36-8-2-3-10-43(36)53(45)33-15-19-47-40(25-33)39-23-30(13-18-46(39)55-47)31-14-20-48-41(24-31)42-26-34(16-21-49(42)56-48)54-44-11-4-1-7-35(44)37-9-5-6-32(28-52)50(37)54/h1-23,25-26,41H,24H2. The molecule has 56 heavy (non-hydrogen) atoms. The Kier molecular flexibility index (Phi) is 6.46. The van der Waals surface area contributed by atoms with Crippen LogP contribution in [0.25, 0.3) is 82.5 Å². The normalized spacial score (nSPS) is 15.0. The lowest BCUT2D eigenvalue weighted by Crippen LogP contribution is -2.03. The number of nitrogens with zero attached hydrogens (tertiary/aromatic N) is 4. The van der Waals surface area contributed by atoms with Gasteiger partial charge in [-0.2, -0.15) is 10.5 Å². The van der Waals surface area contributed by atoms with Crippen molar-refractivity contribution < 1.29 is 4.42 Å². The lowest BCUT2D eigenvalue weighted by Gasteiger charge is -2.20. The molecule has 0 radical (unpaired) electrons. The minimum atomic E-state index is 0.249. The summed E-state index contributed by atoms with van der Waals surface area (Å²) in [6.45, 7) is 0. The van der Waals surface area contributed by atoms with E-state index in [9.17, 15) is 10.5 Å². The third-order valence-corrected chi connectivity index (χ3v) is 13.0. The van der Waals surface area contributed by atoms with Crippen LogP contribution in [0.3, 0.4) is 0 Å². The van der Waals surface area contributed by atoms with Gasteiger partial charge in [0.25, 0.3) is 0 Å². The Morgan fingerprint density at radius 2 is 1.29 bits per heavy atom. The average Bonchev–Trinajstić information content (AvgIpc) is 4.00. The zero-order valence-corrected chi connectivity index (χ0v) is 30.6. The maximum absolute atomic E-state index is 10.1. The summed E-state index contributed by atoms with van der Waals surface area (Å²) in [7, 11) is 0. The first-order valence-electron chi connectivity index (χ1n) is 18.7. The van der Waals surface area contributed by atoms with E-state index in [1.807, 2.05) is 36.0 Å². The monoisotopic (exact) mass is 732 g/mol. The average molecular weight is 733 g/mol. The van der Waals surface area contributed by atoms with Gasteiger partial charge in [-0.3, -0.25) is 0 Å². The van der Waals surface area contributed by atoms with E-state index in [1.165, 1.54) is 26.5 Å². The summed E-state index contributed by atoms with van der Waals surface area (Å²) < 4.78 is 11.0. The summed E-state index contributed by atoms with van der Waals surface area (Å²) in [4.78, 5) is 2.66. The highest BCUT2D eigenvalue weighted by molar-refractivity contribution is 8.03. The van der Waals surface area contributed by atoms with Crippen molar-refractivity contribution >= 4 is 82.9 Å². The van der Waals surface area contributed by atoms with E-state index in [0.29, 0.717) is 11.1 Å². The highest BCUT2D eigenvalue weighted by Gasteiger charge is 2.32. The van der Waals surface area contributed by atoms with E-state index in [0.717, 1.165) is 83.3 Å². The van der Waals surface area contributed by atoms with Gasteiger partial charge in [0.05, 0.1) is 39.3 Å².